The lowest BCUT2D eigenvalue weighted by Gasteiger charge is -2.40. The van der Waals surface area contributed by atoms with Gasteiger partial charge in [-0.15, -0.1) is 22.9 Å². The molecule has 1 aliphatic rings. The summed E-state index contributed by atoms with van der Waals surface area (Å²) in [7, 11) is 0. The van der Waals surface area contributed by atoms with Crippen LogP contribution in [0.4, 0.5) is 0 Å². The minimum atomic E-state index is -0.00472. The molecule has 0 N–H and O–H groups in total. The average Bonchev–Trinajstić information content (AvgIpc) is 2.85. The van der Waals surface area contributed by atoms with Gasteiger partial charge in [0.2, 0.25) is 5.91 Å². The first-order valence-electron chi connectivity index (χ1n) is 7.13. The zero-order valence-electron chi connectivity index (χ0n) is 12.2. The Labute approximate surface area is 134 Å². The smallest absolute Gasteiger partial charge is 0.238 e. The number of hydrogen-bond donors (Lipinski definition) is 0. The van der Waals surface area contributed by atoms with Crippen LogP contribution >= 0.6 is 22.9 Å². The topological polar surface area (TPSA) is 20.3 Å². The third-order valence-corrected chi connectivity index (χ3v) is 5.37. The van der Waals surface area contributed by atoms with Crippen LogP contribution < -0.4 is 0 Å². The molecule has 1 aromatic heterocycles. The van der Waals surface area contributed by atoms with Crippen molar-refractivity contribution in [2.24, 2.45) is 0 Å². The molecule has 2 atom stereocenters. The summed E-state index contributed by atoms with van der Waals surface area (Å²) >= 11 is 7.64. The number of benzene rings is 1. The fourth-order valence-corrected chi connectivity index (χ4v) is 4.50. The summed E-state index contributed by atoms with van der Waals surface area (Å²) in [5, 5.41) is 0. The van der Waals surface area contributed by atoms with E-state index in [1.165, 1.54) is 15.3 Å². The second kappa shape index (κ2) is 5.82. The maximum absolute atomic E-state index is 12.4. The second-order valence-corrected chi connectivity index (χ2v) is 7.10. The van der Waals surface area contributed by atoms with Crippen molar-refractivity contribution in [3.8, 4) is 0 Å². The van der Waals surface area contributed by atoms with E-state index in [0.29, 0.717) is 0 Å². The molecule has 1 aromatic carbocycles. The van der Waals surface area contributed by atoms with Gasteiger partial charge in [-0.1, -0.05) is 30.3 Å². The summed E-state index contributed by atoms with van der Waals surface area (Å²) in [5.41, 5.74) is 2.53. The minimum Gasteiger partial charge on any atom is -0.327 e. The van der Waals surface area contributed by atoms with E-state index >= 15 is 0 Å². The molecule has 0 fully saturated rings. The van der Waals surface area contributed by atoms with Crippen LogP contribution in [-0.2, 0) is 11.2 Å². The van der Waals surface area contributed by atoms with Crippen LogP contribution in [0.1, 0.15) is 33.8 Å². The number of thiophene rings is 1. The molecule has 0 bridgehead atoms. The van der Waals surface area contributed by atoms with Gasteiger partial charge < -0.3 is 4.90 Å². The van der Waals surface area contributed by atoms with E-state index in [2.05, 4.69) is 32.0 Å². The van der Waals surface area contributed by atoms with E-state index < -0.39 is 0 Å². The van der Waals surface area contributed by atoms with Crippen molar-refractivity contribution < 1.29 is 4.79 Å². The van der Waals surface area contributed by atoms with Crippen molar-refractivity contribution in [3.05, 3.63) is 57.3 Å². The quantitative estimate of drug-likeness (QED) is 0.761. The number of carbonyl (C=O) groups excluding carboxylic acids is 1. The lowest BCUT2D eigenvalue weighted by Crippen LogP contribution is -2.46. The third kappa shape index (κ3) is 2.60. The van der Waals surface area contributed by atoms with Crippen molar-refractivity contribution in [2.75, 3.05) is 5.88 Å². The van der Waals surface area contributed by atoms with E-state index in [9.17, 15) is 4.79 Å². The summed E-state index contributed by atoms with van der Waals surface area (Å²) < 4.78 is 0. The standard InChI is InChI=1S/C17H18ClNOS/c1-11-8-14-9-12(2)21-17(14)16(19(11)15(20)10-18)13-6-4-3-5-7-13/h3-7,9,11,16H,8,10H2,1-2H3/t11-,16-/m0/s1. The van der Waals surface area contributed by atoms with E-state index in [-0.39, 0.29) is 23.9 Å². The molecule has 0 saturated heterocycles. The molecule has 2 aromatic rings. The predicted molar refractivity (Wildman–Crippen MR) is 88.1 cm³/mol. The number of aryl methyl sites for hydroxylation is 1. The normalized spacial score (nSPS) is 21.2. The summed E-state index contributed by atoms with van der Waals surface area (Å²) in [6.07, 6.45) is 0.908. The Balaban J connectivity index is 2.14. The lowest BCUT2D eigenvalue weighted by molar-refractivity contribution is -0.132. The highest BCUT2D eigenvalue weighted by atomic mass is 35.5. The number of hydrogen-bond acceptors (Lipinski definition) is 2. The largest absolute Gasteiger partial charge is 0.327 e. The summed E-state index contributed by atoms with van der Waals surface area (Å²) in [5.74, 6) is 0.0441. The SMILES string of the molecule is Cc1cc2c(s1)[C@H](c1ccccc1)N(C(=O)CCl)[C@@H](C)C2. The van der Waals surface area contributed by atoms with E-state index in [4.69, 9.17) is 11.6 Å². The van der Waals surface area contributed by atoms with Crippen molar-refractivity contribution in [1.29, 1.82) is 0 Å². The number of fused-ring (bicyclic) bond motifs is 1. The molecule has 1 aliphatic heterocycles. The number of alkyl halides is 1. The molecule has 110 valence electrons. The Morgan fingerprint density at radius 1 is 1.38 bits per heavy atom. The zero-order valence-corrected chi connectivity index (χ0v) is 13.7. The Hall–Kier alpha value is -1.32. The Morgan fingerprint density at radius 3 is 2.76 bits per heavy atom. The third-order valence-electron chi connectivity index (χ3n) is 4.00. The van der Waals surface area contributed by atoms with Crippen molar-refractivity contribution in [2.45, 2.75) is 32.4 Å². The predicted octanol–water partition coefficient (Wildman–Crippen LogP) is 4.16. The zero-order chi connectivity index (χ0) is 15.0. The Morgan fingerprint density at radius 2 is 2.10 bits per heavy atom. The van der Waals surface area contributed by atoms with Crippen LogP contribution in [0.3, 0.4) is 0 Å². The molecule has 0 aliphatic carbocycles. The maximum Gasteiger partial charge on any atom is 0.238 e. The molecule has 1 amide bonds. The fraction of sp³-hybridized carbons (Fsp3) is 0.353. The van der Waals surface area contributed by atoms with Crippen LogP contribution in [0.25, 0.3) is 0 Å². The monoisotopic (exact) mass is 319 g/mol. The van der Waals surface area contributed by atoms with Crippen LogP contribution in [-0.4, -0.2) is 22.7 Å². The molecule has 0 radical (unpaired) electrons. The van der Waals surface area contributed by atoms with Crippen LogP contribution in [0.2, 0.25) is 0 Å². The van der Waals surface area contributed by atoms with Crippen molar-refractivity contribution >= 4 is 28.8 Å². The van der Waals surface area contributed by atoms with Crippen LogP contribution in [0, 0.1) is 6.92 Å². The molecular weight excluding hydrogens is 302 g/mol. The molecule has 2 heterocycles. The highest BCUT2D eigenvalue weighted by molar-refractivity contribution is 7.12. The van der Waals surface area contributed by atoms with Gasteiger partial charge in [0.15, 0.2) is 0 Å². The number of halogens is 1. The second-order valence-electron chi connectivity index (χ2n) is 5.55. The van der Waals surface area contributed by atoms with Crippen molar-refractivity contribution in [1.82, 2.24) is 4.90 Å². The molecule has 4 heteroatoms. The maximum atomic E-state index is 12.4. The first-order valence-corrected chi connectivity index (χ1v) is 8.48. The molecule has 21 heavy (non-hydrogen) atoms. The number of carbonyl (C=O) groups is 1. The lowest BCUT2D eigenvalue weighted by atomic mass is 9.91. The molecule has 0 saturated carbocycles. The van der Waals surface area contributed by atoms with Gasteiger partial charge >= 0.3 is 0 Å². The molecule has 0 unspecified atom stereocenters. The first-order chi connectivity index (χ1) is 10.1. The number of rotatable bonds is 2. The Bertz CT molecular complexity index is 652. The minimum absolute atomic E-state index is 0.00472. The van der Waals surface area contributed by atoms with Gasteiger partial charge in [0, 0.05) is 15.8 Å². The summed E-state index contributed by atoms with van der Waals surface area (Å²) in [6.45, 7) is 4.24. The van der Waals surface area contributed by atoms with Crippen molar-refractivity contribution in [3.63, 3.8) is 0 Å². The molecule has 2 nitrogen and oxygen atoms in total. The van der Waals surface area contributed by atoms with Gasteiger partial charge in [-0.05, 0) is 37.5 Å². The van der Waals surface area contributed by atoms with Gasteiger partial charge in [0.05, 0.1) is 6.04 Å². The van der Waals surface area contributed by atoms with E-state index in [1.54, 1.807) is 11.3 Å². The van der Waals surface area contributed by atoms with Gasteiger partial charge in [-0.3, -0.25) is 4.79 Å². The summed E-state index contributed by atoms with van der Waals surface area (Å²) in [6, 6.07) is 12.7. The van der Waals surface area contributed by atoms with E-state index in [0.717, 1.165) is 12.0 Å². The Kier molecular flexibility index (Phi) is 4.05. The number of amides is 1. The van der Waals surface area contributed by atoms with Crippen LogP contribution in [0.15, 0.2) is 36.4 Å². The van der Waals surface area contributed by atoms with E-state index in [1.807, 2.05) is 23.1 Å². The first kappa shape index (κ1) is 14.6. The fourth-order valence-electron chi connectivity index (χ4n) is 3.18. The van der Waals surface area contributed by atoms with Gasteiger partial charge in [0.25, 0.3) is 0 Å². The van der Waals surface area contributed by atoms with Gasteiger partial charge in [-0.2, -0.15) is 0 Å². The highest BCUT2D eigenvalue weighted by Gasteiger charge is 2.37. The van der Waals surface area contributed by atoms with Crippen LogP contribution in [0.5, 0.6) is 0 Å². The van der Waals surface area contributed by atoms with Gasteiger partial charge in [0.1, 0.15) is 5.88 Å². The molecule has 3 rings (SSSR count). The highest BCUT2D eigenvalue weighted by Crippen LogP contribution is 2.42. The number of nitrogens with zero attached hydrogens (tertiary/aromatic N) is 1. The molecule has 0 spiro atoms. The van der Waals surface area contributed by atoms with Gasteiger partial charge in [-0.25, -0.2) is 0 Å². The molecular formula is C17H18ClNOS. The average molecular weight is 320 g/mol. The summed E-state index contributed by atoms with van der Waals surface area (Å²) in [4.78, 5) is 16.9.